The summed E-state index contributed by atoms with van der Waals surface area (Å²) in [5.41, 5.74) is 2.94. The van der Waals surface area contributed by atoms with E-state index in [2.05, 4.69) is 15.6 Å². The molecular formula is C18H15Cl2N3OS. The van der Waals surface area contributed by atoms with Gasteiger partial charge in [0, 0.05) is 28.7 Å². The second kappa shape index (κ2) is 7.87. The van der Waals surface area contributed by atoms with E-state index in [1.54, 1.807) is 29.5 Å². The monoisotopic (exact) mass is 391 g/mol. The van der Waals surface area contributed by atoms with Crippen molar-refractivity contribution < 1.29 is 4.79 Å². The van der Waals surface area contributed by atoms with Crippen LogP contribution in [0.1, 0.15) is 17.3 Å². The van der Waals surface area contributed by atoms with Gasteiger partial charge in [0.05, 0.1) is 15.7 Å². The van der Waals surface area contributed by atoms with Gasteiger partial charge in [-0.15, -0.1) is 11.3 Å². The Bertz CT molecular complexity index is 911. The lowest BCUT2D eigenvalue weighted by atomic mass is 10.1. The van der Waals surface area contributed by atoms with Gasteiger partial charge in [0.15, 0.2) is 5.13 Å². The maximum Gasteiger partial charge on any atom is 0.255 e. The molecule has 0 aliphatic carbocycles. The number of benzene rings is 2. The predicted molar refractivity (Wildman–Crippen MR) is 106 cm³/mol. The van der Waals surface area contributed by atoms with E-state index in [4.69, 9.17) is 23.2 Å². The average molecular weight is 392 g/mol. The molecule has 0 atom stereocenters. The van der Waals surface area contributed by atoms with Gasteiger partial charge in [0.2, 0.25) is 0 Å². The minimum atomic E-state index is -0.248. The first kappa shape index (κ1) is 17.7. The number of hydrogen-bond donors (Lipinski definition) is 2. The highest BCUT2D eigenvalue weighted by atomic mass is 35.5. The van der Waals surface area contributed by atoms with Crippen molar-refractivity contribution in [3.05, 3.63) is 63.5 Å². The van der Waals surface area contributed by atoms with E-state index >= 15 is 0 Å². The number of halogens is 2. The molecule has 0 spiro atoms. The second-order valence-electron chi connectivity index (χ2n) is 5.23. The van der Waals surface area contributed by atoms with E-state index in [9.17, 15) is 4.79 Å². The van der Waals surface area contributed by atoms with Crippen molar-refractivity contribution in [2.24, 2.45) is 0 Å². The van der Waals surface area contributed by atoms with E-state index in [-0.39, 0.29) is 5.91 Å². The number of thiazole rings is 1. The molecular weight excluding hydrogens is 377 g/mol. The molecule has 1 aromatic heterocycles. The Morgan fingerprint density at radius 2 is 2.00 bits per heavy atom. The van der Waals surface area contributed by atoms with Gasteiger partial charge in [-0.1, -0.05) is 35.3 Å². The third-order valence-electron chi connectivity index (χ3n) is 3.43. The molecule has 3 aromatic rings. The number of nitrogens with one attached hydrogen (secondary N) is 2. The van der Waals surface area contributed by atoms with Crippen molar-refractivity contribution in [3.63, 3.8) is 0 Å². The second-order valence-corrected chi connectivity index (χ2v) is 6.90. The minimum Gasteiger partial charge on any atom is -0.362 e. The molecule has 128 valence electrons. The minimum absolute atomic E-state index is 0.248. The highest BCUT2D eigenvalue weighted by molar-refractivity contribution is 7.14. The summed E-state index contributed by atoms with van der Waals surface area (Å²) in [6, 6.07) is 12.3. The molecule has 4 nitrogen and oxygen atoms in total. The van der Waals surface area contributed by atoms with E-state index in [1.807, 2.05) is 36.6 Å². The normalized spacial score (nSPS) is 10.5. The first-order chi connectivity index (χ1) is 12.1. The molecule has 0 radical (unpaired) electrons. The zero-order valence-corrected chi connectivity index (χ0v) is 15.7. The summed E-state index contributed by atoms with van der Waals surface area (Å²) < 4.78 is 0. The van der Waals surface area contributed by atoms with Gasteiger partial charge < -0.3 is 10.6 Å². The fraction of sp³-hybridized carbons (Fsp3) is 0.111. The molecule has 2 N–H and O–H groups in total. The summed E-state index contributed by atoms with van der Waals surface area (Å²) in [7, 11) is 0. The largest absolute Gasteiger partial charge is 0.362 e. The van der Waals surface area contributed by atoms with Crippen LogP contribution in [0, 0.1) is 0 Å². The summed E-state index contributed by atoms with van der Waals surface area (Å²) in [6.45, 7) is 2.85. The summed E-state index contributed by atoms with van der Waals surface area (Å²) in [4.78, 5) is 16.9. The molecule has 0 saturated heterocycles. The van der Waals surface area contributed by atoms with Crippen LogP contribution < -0.4 is 10.6 Å². The Morgan fingerprint density at radius 1 is 1.16 bits per heavy atom. The first-order valence-electron chi connectivity index (χ1n) is 7.63. The van der Waals surface area contributed by atoms with Crippen molar-refractivity contribution in [2.75, 3.05) is 17.2 Å². The Labute approximate surface area is 159 Å². The molecule has 0 unspecified atom stereocenters. The van der Waals surface area contributed by atoms with Gasteiger partial charge in [-0.2, -0.15) is 0 Å². The number of nitrogens with zero attached hydrogens (tertiary/aromatic N) is 1. The number of amides is 1. The van der Waals surface area contributed by atoms with Crippen molar-refractivity contribution in [3.8, 4) is 11.3 Å². The van der Waals surface area contributed by atoms with Crippen molar-refractivity contribution in [1.29, 1.82) is 0 Å². The number of anilines is 2. The summed E-state index contributed by atoms with van der Waals surface area (Å²) in [6.07, 6.45) is 0. The van der Waals surface area contributed by atoms with Crippen LogP contribution in [-0.4, -0.2) is 17.4 Å². The van der Waals surface area contributed by atoms with E-state index in [0.717, 1.165) is 22.9 Å². The van der Waals surface area contributed by atoms with Crippen LogP contribution in [0.25, 0.3) is 11.3 Å². The lowest BCUT2D eigenvalue weighted by Gasteiger charge is -2.07. The molecule has 1 heterocycles. The highest BCUT2D eigenvalue weighted by Gasteiger charge is 2.10. The zero-order valence-electron chi connectivity index (χ0n) is 13.3. The Balaban J connectivity index is 1.78. The summed E-state index contributed by atoms with van der Waals surface area (Å²) in [5, 5.41) is 9.68. The summed E-state index contributed by atoms with van der Waals surface area (Å²) in [5.74, 6) is -0.248. The van der Waals surface area contributed by atoms with Crippen LogP contribution in [0.15, 0.2) is 47.8 Å². The quantitative estimate of drug-likeness (QED) is 0.577. The topological polar surface area (TPSA) is 54.0 Å². The SMILES string of the molecule is CCNc1nc(-c2cccc(NC(=O)c3ccc(Cl)c(Cl)c3)c2)cs1. The molecule has 0 saturated carbocycles. The smallest absolute Gasteiger partial charge is 0.255 e. The van der Waals surface area contributed by atoms with Crippen LogP contribution >= 0.6 is 34.5 Å². The molecule has 7 heteroatoms. The van der Waals surface area contributed by atoms with Gasteiger partial charge in [-0.25, -0.2) is 4.98 Å². The molecule has 0 aliphatic rings. The standard InChI is InChI=1S/C18H15Cl2N3OS/c1-2-21-18-23-16(10-25-18)11-4-3-5-13(8-11)22-17(24)12-6-7-14(19)15(20)9-12/h3-10H,2H2,1H3,(H,21,23)(H,22,24). The first-order valence-corrected chi connectivity index (χ1v) is 9.26. The molecule has 25 heavy (non-hydrogen) atoms. The van der Waals surface area contributed by atoms with E-state index in [1.165, 1.54) is 0 Å². The fourth-order valence-corrected chi connectivity index (χ4v) is 3.32. The number of carbonyl (C=O) groups excluding carboxylic acids is 1. The maximum atomic E-state index is 12.4. The lowest BCUT2D eigenvalue weighted by molar-refractivity contribution is 0.102. The van der Waals surface area contributed by atoms with Gasteiger partial charge in [0.25, 0.3) is 5.91 Å². The molecule has 3 rings (SSSR count). The lowest BCUT2D eigenvalue weighted by Crippen LogP contribution is -2.11. The van der Waals surface area contributed by atoms with Gasteiger partial charge in [-0.3, -0.25) is 4.79 Å². The molecule has 0 aliphatic heterocycles. The maximum absolute atomic E-state index is 12.4. The zero-order chi connectivity index (χ0) is 17.8. The molecule has 0 bridgehead atoms. The number of hydrogen-bond acceptors (Lipinski definition) is 4. The van der Waals surface area contributed by atoms with Crippen molar-refractivity contribution in [2.45, 2.75) is 6.92 Å². The third-order valence-corrected chi connectivity index (χ3v) is 4.97. The van der Waals surface area contributed by atoms with Gasteiger partial charge in [0.1, 0.15) is 0 Å². The Morgan fingerprint density at radius 3 is 2.76 bits per heavy atom. The van der Waals surface area contributed by atoms with E-state index < -0.39 is 0 Å². The molecule has 2 aromatic carbocycles. The average Bonchev–Trinajstić information content (AvgIpc) is 3.06. The molecule has 1 amide bonds. The van der Waals surface area contributed by atoms with Crippen LogP contribution in [0.5, 0.6) is 0 Å². The van der Waals surface area contributed by atoms with Crippen LogP contribution in [0.2, 0.25) is 10.0 Å². The van der Waals surface area contributed by atoms with Gasteiger partial charge >= 0.3 is 0 Å². The highest BCUT2D eigenvalue weighted by Crippen LogP contribution is 2.27. The predicted octanol–water partition coefficient (Wildman–Crippen LogP) is 5.80. The van der Waals surface area contributed by atoms with E-state index in [0.29, 0.717) is 21.3 Å². The fourth-order valence-electron chi connectivity index (χ4n) is 2.24. The van der Waals surface area contributed by atoms with Crippen LogP contribution in [-0.2, 0) is 0 Å². The number of rotatable bonds is 5. The van der Waals surface area contributed by atoms with Crippen molar-refractivity contribution in [1.82, 2.24) is 4.98 Å². The third kappa shape index (κ3) is 4.31. The molecule has 0 fully saturated rings. The Hall–Kier alpha value is -2.08. The van der Waals surface area contributed by atoms with Crippen LogP contribution in [0.3, 0.4) is 0 Å². The van der Waals surface area contributed by atoms with Gasteiger partial charge in [-0.05, 0) is 37.3 Å². The number of carbonyl (C=O) groups is 1. The van der Waals surface area contributed by atoms with Crippen molar-refractivity contribution >= 4 is 51.3 Å². The van der Waals surface area contributed by atoms with Crippen LogP contribution in [0.4, 0.5) is 10.8 Å². The Kier molecular flexibility index (Phi) is 5.58. The number of aromatic nitrogens is 1. The summed E-state index contributed by atoms with van der Waals surface area (Å²) >= 11 is 13.4.